The molecule has 0 amide bonds. The molecule has 2 rings (SSSR count). The quantitative estimate of drug-likeness (QED) is 0.821. The fraction of sp³-hybridized carbons (Fsp3) is 0.250. The molecular formula is C16H16Cl2FNO. The molecule has 2 aromatic carbocycles. The monoisotopic (exact) mass is 327 g/mol. The van der Waals surface area contributed by atoms with Crippen molar-refractivity contribution < 1.29 is 9.13 Å². The predicted octanol–water partition coefficient (Wildman–Crippen LogP) is 4.82. The van der Waals surface area contributed by atoms with E-state index in [1.165, 1.54) is 6.07 Å². The van der Waals surface area contributed by atoms with Crippen LogP contribution in [-0.2, 0) is 13.2 Å². The molecule has 0 saturated heterocycles. The lowest BCUT2D eigenvalue weighted by Crippen LogP contribution is -2.12. The van der Waals surface area contributed by atoms with Crippen molar-refractivity contribution in [2.45, 2.75) is 20.1 Å². The SMILES string of the molecule is CCNCc1ccc(F)c(COc2ccc(Cl)cc2Cl)c1. The first-order valence-electron chi connectivity index (χ1n) is 6.66. The molecule has 1 N–H and O–H groups in total. The fourth-order valence-electron chi connectivity index (χ4n) is 1.87. The average molecular weight is 328 g/mol. The second kappa shape index (κ2) is 7.64. The molecule has 0 bridgehead atoms. The van der Waals surface area contributed by atoms with Gasteiger partial charge in [-0.15, -0.1) is 0 Å². The highest BCUT2D eigenvalue weighted by molar-refractivity contribution is 6.35. The summed E-state index contributed by atoms with van der Waals surface area (Å²) in [6.07, 6.45) is 0. The first-order valence-corrected chi connectivity index (χ1v) is 7.41. The molecule has 0 aliphatic rings. The van der Waals surface area contributed by atoms with Crippen LogP contribution < -0.4 is 10.1 Å². The minimum absolute atomic E-state index is 0.118. The lowest BCUT2D eigenvalue weighted by molar-refractivity contribution is 0.300. The van der Waals surface area contributed by atoms with Gasteiger partial charge in [-0.2, -0.15) is 0 Å². The average Bonchev–Trinajstić information content (AvgIpc) is 2.46. The van der Waals surface area contributed by atoms with Gasteiger partial charge in [-0.25, -0.2) is 4.39 Å². The van der Waals surface area contributed by atoms with E-state index in [2.05, 4.69) is 5.32 Å². The number of nitrogens with one attached hydrogen (secondary N) is 1. The van der Waals surface area contributed by atoms with Gasteiger partial charge in [0.15, 0.2) is 0 Å². The summed E-state index contributed by atoms with van der Waals surface area (Å²) in [5.41, 5.74) is 1.51. The number of halogens is 3. The highest BCUT2D eigenvalue weighted by Crippen LogP contribution is 2.28. The van der Waals surface area contributed by atoms with Crippen LogP contribution in [0.3, 0.4) is 0 Å². The molecule has 0 atom stereocenters. The summed E-state index contributed by atoms with van der Waals surface area (Å²) in [6.45, 7) is 3.71. The molecule has 112 valence electrons. The fourth-order valence-corrected chi connectivity index (χ4v) is 2.33. The van der Waals surface area contributed by atoms with E-state index in [-0.39, 0.29) is 12.4 Å². The summed E-state index contributed by atoms with van der Waals surface area (Å²) >= 11 is 11.8. The second-order valence-corrected chi connectivity index (χ2v) is 5.41. The van der Waals surface area contributed by atoms with Crippen molar-refractivity contribution in [2.24, 2.45) is 0 Å². The summed E-state index contributed by atoms with van der Waals surface area (Å²) in [5, 5.41) is 4.14. The molecule has 2 nitrogen and oxygen atoms in total. The van der Waals surface area contributed by atoms with E-state index in [9.17, 15) is 4.39 Å². The van der Waals surface area contributed by atoms with Gasteiger partial charge in [-0.3, -0.25) is 0 Å². The van der Waals surface area contributed by atoms with Gasteiger partial charge in [0.1, 0.15) is 18.2 Å². The van der Waals surface area contributed by atoms with Gasteiger partial charge >= 0.3 is 0 Å². The smallest absolute Gasteiger partial charge is 0.138 e. The van der Waals surface area contributed by atoms with E-state index < -0.39 is 0 Å². The Morgan fingerprint density at radius 3 is 2.67 bits per heavy atom. The Morgan fingerprint density at radius 2 is 1.95 bits per heavy atom. The number of ether oxygens (including phenoxy) is 1. The van der Waals surface area contributed by atoms with E-state index in [1.54, 1.807) is 30.3 Å². The Hall–Kier alpha value is -1.29. The van der Waals surface area contributed by atoms with Crippen LogP contribution in [0.15, 0.2) is 36.4 Å². The Labute approximate surface area is 133 Å². The molecule has 0 spiro atoms. The van der Waals surface area contributed by atoms with Crippen molar-refractivity contribution in [1.82, 2.24) is 5.32 Å². The zero-order valence-electron chi connectivity index (χ0n) is 11.6. The van der Waals surface area contributed by atoms with Gasteiger partial charge in [0, 0.05) is 17.1 Å². The first kappa shape index (κ1) is 16.1. The Kier molecular flexibility index (Phi) is 5.85. The van der Waals surface area contributed by atoms with E-state index >= 15 is 0 Å². The first-order chi connectivity index (χ1) is 10.1. The molecule has 2 aromatic rings. The predicted molar refractivity (Wildman–Crippen MR) is 84.6 cm³/mol. The van der Waals surface area contributed by atoms with Gasteiger partial charge < -0.3 is 10.1 Å². The third kappa shape index (κ3) is 4.60. The second-order valence-electron chi connectivity index (χ2n) is 4.57. The summed E-state index contributed by atoms with van der Waals surface area (Å²) in [6, 6.07) is 9.95. The van der Waals surface area contributed by atoms with Crippen molar-refractivity contribution in [2.75, 3.05) is 6.54 Å². The molecule has 0 heterocycles. The van der Waals surface area contributed by atoms with Crippen LogP contribution in [0.2, 0.25) is 10.0 Å². The number of hydrogen-bond acceptors (Lipinski definition) is 2. The maximum Gasteiger partial charge on any atom is 0.138 e. The lowest BCUT2D eigenvalue weighted by atomic mass is 10.1. The molecule has 0 aliphatic carbocycles. The van der Waals surface area contributed by atoms with Crippen LogP contribution in [0, 0.1) is 5.82 Å². The van der Waals surface area contributed by atoms with Crippen LogP contribution in [-0.4, -0.2) is 6.54 Å². The highest BCUT2D eigenvalue weighted by Gasteiger charge is 2.07. The molecule has 0 unspecified atom stereocenters. The number of benzene rings is 2. The van der Waals surface area contributed by atoms with Crippen molar-refractivity contribution in [3.63, 3.8) is 0 Å². The van der Waals surface area contributed by atoms with Gasteiger partial charge in [-0.05, 0) is 42.4 Å². The minimum atomic E-state index is -0.291. The maximum absolute atomic E-state index is 13.8. The zero-order chi connectivity index (χ0) is 15.2. The van der Waals surface area contributed by atoms with Crippen molar-refractivity contribution >= 4 is 23.2 Å². The van der Waals surface area contributed by atoms with Crippen molar-refractivity contribution in [3.05, 3.63) is 63.4 Å². The van der Waals surface area contributed by atoms with Crippen molar-refractivity contribution in [3.8, 4) is 5.75 Å². The topological polar surface area (TPSA) is 21.3 Å². The summed E-state index contributed by atoms with van der Waals surface area (Å²) in [7, 11) is 0. The van der Waals surface area contributed by atoms with Gasteiger partial charge in [0.25, 0.3) is 0 Å². The molecule has 21 heavy (non-hydrogen) atoms. The van der Waals surface area contributed by atoms with E-state index in [4.69, 9.17) is 27.9 Å². The third-order valence-electron chi connectivity index (χ3n) is 2.97. The largest absolute Gasteiger partial charge is 0.487 e. The Morgan fingerprint density at radius 1 is 1.14 bits per heavy atom. The third-order valence-corrected chi connectivity index (χ3v) is 3.50. The van der Waals surface area contributed by atoms with Crippen LogP contribution in [0.1, 0.15) is 18.1 Å². The minimum Gasteiger partial charge on any atom is -0.487 e. The summed E-state index contributed by atoms with van der Waals surface area (Å²) < 4.78 is 19.4. The molecule has 0 radical (unpaired) electrons. The van der Waals surface area contributed by atoms with Crippen LogP contribution in [0.4, 0.5) is 4.39 Å². The van der Waals surface area contributed by atoms with Gasteiger partial charge in [0.05, 0.1) is 5.02 Å². The normalized spacial score (nSPS) is 10.7. The molecule has 0 aliphatic heterocycles. The van der Waals surface area contributed by atoms with E-state index in [0.717, 1.165) is 12.1 Å². The standard InChI is InChI=1S/C16H16Cl2FNO/c1-2-20-9-11-3-5-15(19)12(7-11)10-21-16-6-4-13(17)8-14(16)18/h3-8,20H,2,9-10H2,1H3. The molecule has 0 saturated carbocycles. The molecule has 0 aromatic heterocycles. The lowest BCUT2D eigenvalue weighted by Gasteiger charge is -2.10. The van der Waals surface area contributed by atoms with Crippen LogP contribution in [0.5, 0.6) is 5.75 Å². The van der Waals surface area contributed by atoms with Gasteiger partial charge in [0.2, 0.25) is 0 Å². The molecular weight excluding hydrogens is 312 g/mol. The maximum atomic E-state index is 13.8. The Balaban J connectivity index is 2.08. The summed E-state index contributed by atoms with van der Waals surface area (Å²) in [5.74, 6) is 0.192. The van der Waals surface area contributed by atoms with E-state index in [0.29, 0.717) is 27.9 Å². The number of hydrogen-bond donors (Lipinski definition) is 1. The van der Waals surface area contributed by atoms with Crippen LogP contribution in [0.25, 0.3) is 0 Å². The summed E-state index contributed by atoms with van der Waals surface area (Å²) in [4.78, 5) is 0. The van der Waals surface area contributed by atoms with Crippen LogP contribution >= 0.6 is 23.2 Å². The highest BCUT2D eigenvalue weighted by atomic mass is 35.5. The Bertz CT molecular complexity index is 619. The van der Waals surface area contributed by atoms with Crippen molar-refractivity contribution in [1.29, 1.82) is 0 Å². The molecule has 5 heteroatoms. The number of rotatable bonds is 6. The molecule has 0 fully saturated rings. The van der Waals surface area contributed by atoms with Gasteiger partial charge in [-0.1, -0.05) is 36.2 Å². The van der Waals surface area contributed by atoms with E-state index in [1.807, 2.05) is 6.92 Å². The zero-order valence-corrected chi connectivity index (χ0v) is 13.1.